The molecular weight excluding hydrogens is 314 g/mol. The molecule has 0 bridgehead atoms. The van der Waals surface area contributed by atoms with Crippen LogP contribution in [0.25, 0.3) is 0 Å². The van der Waals surface area contributed by atoms with Gasteiger partial charge in [0.15, 0.2) is 11.5 Å². The fraction of sp³-hybridized carbons (Fsp3) is 0.294. The predicted octanol–water partition coefficient (Wildman–Crippen LogP) is 3.46. The van der Waals surface area contributed by atoms with Crippen LogP contribution < -0.4 is 18.9 Å². The number of benzene rings is 2. The molecule has 7 heteroatoms. The summed E-state index contributed by atoms with van der Waals surface area (Å²) in [6.45, 7) is 0.846. The first-order valence-electron chi connectivity index (χ1n) is 7.36. The molecule has 0 aliphatic carbocycles. The van der Waals surface area contributed by atoms with Gasteiger partial charge in [-0.25, -0.2) is 0 Å². The average molecular weight is 333 g/mol. The molecule has 0 fully saturated rings. The lowest BCUT2D eigenvalue weighted by Gasteiger charge is -2.14. The van der Waals surface area contributed by atoms with Crippen LogP contribution in [0.3, 0.4) is 0 Å². The third-order valence-electron chi connectivity index (χ3n) is 3.23. The summed E-state index contributed by atoms with van der Waals surface area (Å²) in [5.41, 5.74) is 0.0361. The van der Waals surface area contributed by atoms with Gasteiger partial charge in [-0.15, -0.1) is 0 Å². The van der Waals surface area contributed by atoms with E-state index in [0.29, 0.717) is 42.6 Å². The Bertz CT molecular complexity index is 649. The zero-order chi connectivity index (χ0) is 17.4. The first kappa shape index (κ1) is 17.4. The second kappa shape index (κ2) is 8.61. The minimum Gasteiger partial charge on any atom is -0.493 e. The average Bonchev–Trinajstić information content (AvgIpc) is 2.61. The quantitative estimate of drug-likeness (QED) is 0.397. The lowest BCUT2D eigenvalue weighted by atomic mass is 10.3. The number of ether oxygens (including phenoxy) is 4. The molecule has 0 atom stereocenters. The summed E-state index contributed by atoms with van der Waals surface area (Å²) in [6, 6.07) is 11.4. The number of methoxy groups -OCH3 is 2. The highest BCUT2D eigenvalue weighted by atomic mass is 16.6. The zero-order valence-electron chi connectivity index (χ0n) is 13.6. The fourth-order valence-corrected chi connectivity index (χ4v) is 2.05. The lowest BCUT2D eigenvalue weighted by Crippen LogP contribution is -2.06. The van der Waals surface area contributed by atoms with Crippen molar-refractivity contribution in [3.63, 3.8) is 0 Å². The number of rotatable bonds is 9. The van der Waals surface area contributed by atoms with Crippen molar-refractivity contribution >= 4 is 5.69 Å². The molecule has 0 amide bonds. The third-order valence-corrected chi connectivity index (χ3v) is 3.23. The number of nitro benzene ring substituents is 1. The van der Waals surface area contributed by atoms with Crippen LogP contribution in [0.4, 0.5) is 5.69 Å². The highest BCUT2D eigenvalue weighted by Gasteiger charge is 2.11. The number of para-hydroxylation sites is 1. The summed E-state index contributed by atoms with van der Waals surface area (Å²) in [4.78, 5) is 10.1. The topological polar surface area (TPSA) is 80.1 Å². The molecule has 7 nitrogen and oxygen atoms in total. The van der Waals surface area contributed by atoms with Crippen LogP contribution in [0, 0.1) is 10.1 Å². The second-order valence-electron chi connectivity index (χ2n) is 4.79. The van der Waals surface area contributed by atoms with Gasteiger partial charge >= 0.3 is 0 Å². The van der Waals surface area contributed by atoms with E-state index in [2.05, 4.69) is 0 Å². The molecule has 0 aromatic heterocycles. The third kappa shape index (κ3) is 4.52. The van der Waals surface area contributed by atoms with Gasteiger partial charge in [0.25, 0.3) is 5.69 Å². The van der Waals surface area contributed by atoms with Crippen molar-refractivity contribution < 1.29 is 23.9 Å². The standard InChI is InChI=1S/C17H19NO6/c1-21-15-5-3-6-16(22-2)17(15)24-12-4-11-23-14-9-7-13(8-10-14)18(19)20/h3,5-10H,4,11-12H2,1-2H3. The van der Waals surface area contributed by atoms with Crippen molar-refractivity contribution in [2.24, 2.45) is 0 Å². The van der Waals surface area contributed by atoms with Gasteiger partial charge in [0, 0.05) is 18.6 Å². The molecule has 2 aromatic rings. The van der Waals surface area contributed by atoms with Gasteiger partial charge < -0.3 is 18.9 Å². The molecule has 128 valence electrons. The van der Waals surface area contributed by atoms with Crippen LogP contribution in [0.15, 0.2) is 42.5 Å². The van der Waals surface area contributed by atoms with Crippen molar-refractivity contribution in [1.82, 2.24) is 0 Å². The highest BCUT2D eigenvalue weighted by molar-refractivity contribution is 5.51. The van der Waals surface area contributed by atoms with Crippen molar-refractivity contribution in [2.45, 2.75) is 6.42 Å². The van der Waals surface area contributed by atoms with Crippen LogP contribution in [-0.2, 0) is 0 Å². The van der Waals surface area contributed by atoms with E-state index in [0.717, 1.165) is 0 Å². The summed E-state index contributed by atoms with van der Waals surface area (Å²) < 4.78 is 21.8. The van der Waals surface area contributed by atoms with Crippen molar-refractivity contribution in [1.29, 1.82) is 0 Å². The minimum absolute atomic E-state index is 0.0361. The molecular formula is C17H19NO6. The van der Waals surface area contributed by atoms with Gasteiger partial charge in [-0.05, 0) is 24.3 Å². The van der Waals surface area contributed by atoms with Gasteiger partial charge in [-0.2, -0.15) is 0 Å². The van der Waals surface area contributed by atoms with Gasteiger partial charge in [0.1, 0.15) is 5.75 Å². The van der Waals surface area contributed by atoms with Crippen molar-refractivity contribution in [3.8, 4) is 23.0 Å². The molecule has 24 heavy (non-hydrogen) atoms. The molecule has 0 spiro atoms. The summed E-state index contributed by atoms with van der Waals surface area (Å²) in [6.07, 6.45) is 0.637. The summed E-state index contributed by atoms with van der Waals surface area (Å²) >= 11 is 0. The molecule has 2 aromatic carbocycles. The Hall–Kier alpha value is -2.96. The maximum absolute atomic E-state index is 10.6. The number of nitrogens with zero attached hydrogens (tertiary/aromatic N) is 1. The Balaban J connectivity index is 1.80. The number of hydrogen-bond donors (Lipinski definition) is 0. The maximum atomic E-state index is 10.6. The van der Waals surface area contributed by atoms with E-state index in [-0.39, 0.29) is 5.69 Å². The largest absolute Gasteiger partial charge is 0.493 e. The fourth-order valence-electron chi connectivity index (χ4n) is 2.05. The van der Waals surface area contributed by atoms with E-state index >= 15 is 0 Å². The number of nitro groups is 1. The van der Waals surface area contributed by atoms with Crippen molar-refractivity contribution in [2.75, 3.05) is 27.4 Å². The highest BCUT2D eigenvalue weighted by Crippen LogP contribution is 2.36. The van der Waals surface area contributed by atoms with Crippen LogP contribution in [0.5, 0.6) is 23.0 Å². The Morgan fingerprint density at radius 1 is 0.917 bits per heavy atom. The van der Waals surface area contributed by atoms with E-state index in [4.69, 9.17) is 18.9 Å². The molecule has 0 radical (unpaired) electrons. The number of hydrogen-bond acceptors (Lipinski definition) is 6. The van der Waals surface area contributed by atoms with Gasteiger partial charge in [-0.3, -0.25) is 10.1 Å². The first-order valence-corrected chi connectivity index (χ1v) is 7.36. The summed E-state index contributed by atoms with van der Waals surface area (Å²) in [5.74, 6) is 2.34. The van der Waals surface area contributed by atoms with Crippen LogP contribution in [0.1, 0.15) is 6.42 Å². The molecule has 0 aliphatic rings. The van der Waals surface area contributed by atoms with E-state index < -0.39 is 4.92 Å². The molecule has 0 aliphatic heterocycles. The monoisotopic (exact) mass is 333 g/mol. The zero-order valence-corrected chi connectivity index (χ0v) is 13.6. The van der Waals surface area contributed by atoms with Gasteiger partial charge in [-0.1, -0.05) is 6.07 Å². The first-order chi connectivity index (χ1) is 11.7. The van der Waals surface area contributed by atoms with Crippen LogP contribution >= 0.6 is 0 Å². The Morgan fingerprint density at radius 3 is 2.04 bits per heavy atom. The minimum atomic E-state index is -0.446. The van der Waals surface area contributed by atoms with E-state index in [1.54, 1.807) is 38.5 Å². The van der Waals surface area contributed by atoms with Gasteiger partial charge in [0.05, 0.1) is 32.4 Å². The predicted molar refractivity (Wildman–Crippen MR) is 88.2 cm³/mol. The number of non-ortho nitro benzene ring substituents is 1. The van der Waals surface area contributed by atoms with Crippen LogP contribution in [-0.4, -0.2) is 32.4 Å². The second-order valence-corrected chi connectivity index (χ2v) is 4.79. The molecule has 0 unspecified atom stereocenters. The molecule has 2 rings (SSSR count). The summed E-state index contributed by atoms with van der Waals surface area (Å²) in [7, 11) is 3.14. The smallest absolute Gasteiger partial charge is 0.269 e. The maximum Gasteiger partial charge on any atom is 0.269 e. The Kier molecular flexibility index (Phi) is 6.24. The van der Waals surface area contributed by atoms with E-state index in [1.807, 2.05) is 6.07 Å². The molecule has 0 N–H and O–H groups in total. The lowest BCUT2D eigenvalue weighted by molar-refractivity contribution is -0.384. The molecule has 0 saturated heterocycles. The molecule has 0 saturated carbocycles. The van der Waals surface area contributed by atoms with E-state index in [9.17, 15) is 10.1 Å². The SMILES string of the molecule is COc1cccc(OC)c1OCCCOc1ccc([N+](=O)[O-])cc1. The summed E-state index contributed by atoms with van der Waals surface area (Å²) in [5, 5.41) is 10.6. The normalized spacial score (nSPS) is 10.1. The van der Waals surface area contributed by atoms with Crippen molar-refractivity contribution in [3.05, 3.63) is 52.6 Å². The Morgan fingerprint density at radius 2 is 1.50 bits per heavy atom. The van der Waals surface area contributed by atoms with Crippen LogP contribution in [0.2, 0.25) is 0 Å². The molecule has 0 heterocycles. The Labute approximate surface area is 139 Å². The van der Waals surface area contributed by atoms with E-state index in [1.165, 1.54) is 12.1 Å². The van der Waals surface area contributed by atoms with Gasteiger partial charge in [0.2, 0.25) is 5.75 Å².